The minimum Gasteiger partial charge on any atom is -0.326 e. The third kappa shape index (κ3) is 3.64. The maximum atomic E-state index is 12.8. The highest BCUT2D eigenvalue weighted by Gasteiger charge is 2.18. The molecule has 9 nitrogen and oxygen atoms in total. The van der Waals surface area contributed by atoms with Gasteiger partial charge in [-0.05, 0) is 44.2 Å². The molecule has 0 atom stereocenters. The minimum atomic E-state index is -0.317. The van der Waals surface area contributed by atoms with Gasteiger partial charge in [0.15, 0.2) is 5.65 Å². The molecule has 3 aromatic heterocycles. The third-order valence-corrected chi connectivity index (χ3v) is 4.66. The molecule has 9 heteroatoms. The van der Waals surface area contributed by atoms with Crippen LogP contribution in [0.5, 0.6) is 0 Å². The molecule has 0 aliphatic rings. The molecular formula is C21H21N7O2. The average molecular weight is 403 g/mol. The lowest BCUT2D eigenvalue weighted by Gasteiger charge is -2.07. The fourth-order valence-electron chi connectivity index (χ4n) is 3.23. The van der Waals surface area contributed by atoms with Crippen molar-refractivity contribution in [3.8, 4) is 11.3 Å². The number of aryl methyl sites for hydroxylation is 2. The summed E-state index contributed by atoms with van der Waals surface area (Å²) in [5.74, 6) is -0.470. The number of hydrogen-bond donors (Lipinski definition) is 2. The average Bonchev–Trinajstić information content (AvgIpc) is 3.32. The van der Waals surface area contributed by atoms with Crippen molar-refractivity contribution in [3.05, 3.63) is 60.2 Å². The van der Waals surface area contributed by atoms with Gasteiger partial charge in [-0.15, -0.1) is 0 Å². The van der Waals surface area contributed by atoms with E-state index in [1.54, 1.807) is 35.0 Å². The van der Waals surface area contributed by atoms with E-state index < -0.39 is 0 Å². The number of carbonyl (C=O) groups excluding carboxylic acids is 2. The summed E-state index contributed by atoms with van der Waals surface area (Å²) in [5, 5.41) is 14.4. The number of fused-ring (bicyclic) bond motifs is 1. The van der Waals surface area contributed by atoms with Crippen molar-refractivity contribution < 1.29 is 9.59 Å². The number of hydrogen-bond acceptors (Lipinski definition) is 5. The van der Waals surface area contributed by atoms with Crippen LogP contribution in [-0.4, -0.2) is 36.2 Å². The fraction of sp³-hybridized carbons (Fsp3) is 0.190. The Morgan fingerprint density at radius 3 is 2.40 bits per heavy atom. The topological polar surface area (TPSA) is 106 Å². The van der Waals surface area contributed by atoms with Gasteiger partial charge in [0.25, 0.3) is 5.91 Å². The molecule has 3 heterocycles. The molecule has 152 valence electrons. The molecule has 0 radical (unpaired) electrons. The smallest absolute Gasteiger partial charge is 0.261 e. The molecule has 30 heavy (non-hydrogen) atoms. The van der Waals surface area contributed by atoms with Crippen LogP contribution in [0.1, 0.15) is 29.9 Å². The Kier molecular flexibility index (Phi) is 5.01. The van der Waals surface area contributed by atoms with Crippen molar-refractivity contribution in [2.24, 2.45) is 0 Å². The summed E-state index contributed by atoms with van der Waals surface area (Å²) in [6, 6.07) is 8.73. The predicted octanol–water partition coefficient (Wildman–Crippen LogP) is 3.13. The summed E-state index contributed by atoms with van der Waals surface area (Å²) in [6.45, 7) is 6.17. The van der Waals surface area contributed by atoms with E-state index in [1.807, 2.05) is 30.8 Å². The van der Waals surface area contributed by atoms with Crippen LogP contribution in [0.25, 0.3) is 16.9 Å². The standard InChI is InChI=1S/C21H21N7O2/c1-4-27-12-18(13(2)26-27)19-9-10-22-20-17(11-23-28(19)20)21(30)25-16-7-5-15(6-8-16)24-14(3)29/h5-12H,4H2,1-3H3,(H,24,29)(H,25,30). The van der Waals surface area contributed by atoms with Gasteiger partial charge in [-0.2, -0.15) is 10.2 Å². The molecule has 0 aliphatic carbocycles. The number of rotatable bonds is 5. The van der Waals surface area contributed by atoms with Gasteiger partial charge < -0.3 is 10.6 Å². The zero-order valence-electron chi connectivity index (χ0n) is 16.9. The maximum absolute atomic E-state index is 12.8. The van der Waals surface area contributed by atoms with E-state index in [1.165, 1.54) is 13.1 Å². The second-order valence-electron chi connectivity index (χ2n) is 6.82. The first-order chi connectivity index (χ1) is 14.5. The van der Waals surface area contributed by atoms with Crippen LogP contribution in [0.4, 0.5) is 11.4 Å². The van der Waals surface area contributed by atoms with E-state index in [0.29, 0.717) is 22.6 Å². The summed E-state index contributed by atoms with van der Waals surface area (Å²) in [6.07, 6.45) is 5.13. The van der Waals surface area contributed by atoms with Gasteiger partial charge in [-0.3, -0.25) is 14.3 Å². The molecule has 0 unspecified atom stereocenters. The van der Waals surface area contributed by atoms with Crippen molar-refractivity contribution in [1.82, 2.24) is 24.4 Å². The Morgan fingerprint density at radius 1 is 1.07 bits per heavy atom. The van der Waals surface area contributed by atoms with Crippen LogP contribution in [0.15, 0.2) is 48.9 Å². The molecule has 0 saturated heterocycles. The van der Waals surface area contributed by atoms with Crippen LogP contribution in [0.3, 0.4) is 0 Å². The van der Waals surface area contributed by atoms with Gasteiger partial charge in [0.1, 0.15) is 5.56 Å². The molecular weight excluding hydrogens is 382 g/mol. The maximum Gasteiger partial charge on any atom is 0.261 e. The van der Waals surface area contributed by atoms with Gasteiger partial charge >= 0.3 is 0 Å². The van der Waals surface area contributed by atoms with Crippen LogP contribution < -0.4 is 10.6 Å². The first-order valence-electron chi connectivity index (χ1n) is 9.52. The van der Waals surface area contributed by atoms with Gasteiger partial charge in [0.05, 0.1) is 17.6 Å². The Labute approximate surface area is 172 Å². The van der Waals surface area contributed by atoms with Crippen molar-refractivity contribution >= 4 is 28.8 Å². The van der Waals surface area contributed by atoms with Crippen molar-refractivity contribution in [1.29, 1.82) is 0 Å². The molecule has 0 spiro atoms. The van der Waals surface area contributed by atoms with Gasteiger partial charge in [0, 0.05) is 42.8 Å². The molecule has 4 aromatic rings. The molecule has 1 aromatic carbocycles. The van der Waals surface area contributed by atoms with Gasteiger partial charge in [-0.1, -0.05) is 0 Å². The Morgan fingerprint density at radius 2 is 1.77 bits per heavy atom. The number of benzene rings is 1. The number of amides is 2. The second kappa shape index (κ2) is 7.78. The highest BCUT2D eigenvalue weighted by atomic mass is 16.2. The molecule has 0 bridgehead atoms. The number of aromatic nitrogens is 5. The number of nitrogens with zero attached hydrogens (tertiary/aromatic N) is 5. The van der Waals surface area contributed by atoms with Crippen molar-refractivity contribution in [2.45, 2.75) is 27.3 Å². The zero-order chi connectivity index (χ0) is 21.3. The normalized spacial score (nSPS) is 10.9. The summed E-state index contributed by atoms with van der Waals surface area (Å²) >= 11 is 0. The monoisotopic (exact) mass is 403 g/mol. The lowest BCUT2D eigenvalue weighted by atomic mass is 10.2. The minimum absolute atomic E-state index is 0.153. The SMILES string of the molecule is CCn1cc(-c2ccnc3c(C(=O)Nc4ccc(NC(C)=O)cc4)cnn23)c(C)n1. The lowest BCUT2D eigenvalue weighted by Crippen LogP contribution is -2.12. The molecule has 0 aliphatic heterocycles. The van der Waals surface area contributed by atoms with E-state index in [9.17, 15) is 9.59 Å². The quantitative estimate of drug-likeness (QED) is 0.532. The second-order valence-corrected chi connectivity index (χ2v) is 6.82. The van der Waals surface area contributed by atoms with Gasteiger partial charge in [-0.25, -0.2) is 9.50 Å². The van der Waals surface area contributed by atoms with Crippen LogP contribution in [0, 0.1) is 6.92 Å². The molecule has 2 N–H and O–H groups in total. The first-order valence-corrected chi connectivity index (χ1v) is 9.52. The number of carbonyl (C=O) groups is 2. The Hall–Kier alpha value is -4.01. The lowest BCUT2D eigenvalue weighted by molar-refractivity contribution is -0.114. The highest BCUT2D eigenvalue weighted by Crippen LogP contribution is 2.24. The highest BCUT2D eigenvalue weighted by molar-refractivity contribution is 6.08. The number of anilines is 2. The summed E-state index contributed by atoms with van der Waals surface area (Å²) in [4.78, 5) is 28.3. The molecule has 0 fully saturated rings. The van der Waals surface area contributed by atoms with Crippen molar-refractivity contribution in [3.63, 3.8) is 0 Å². The van der Waals surface area contributed by atoms with Crippen molar-refractivity contribution in [2.75, 3.05) is 10.6 Å². The van der Waals surface area contributed by atoms with E-state index in [-0.39, 0.29) is 11.8 Å². The third-order valence-electron chi connectivity index (χ3n) is 4.66. The largest absolute Gasteiger partial charge is 0.326 e. The zero-order valence-corrected chi connectivity index (χ0v) is 16.9. The predicted molar refractivity (Wildman–Crippen MR) is 113 cm³/mol. The fourth-order valence-corrected chi connectivity index (χ4v) is 3.23. The van der Waals surface area contributed by atoms with E-state index >= 15 is 0 Å². The molecule has 0 saturated carbocycles. The molecule has 2 amide bonds. The summed E-state index contributed by atoms with van der Waals surface area (Å²) in [5.41, 5.74) is 4.72. The summed E-state index contributed by atoms with van der Waals surface area (Å²) in [7, 11) is 0. The van der Waals surface area contributed by atoms with E-state index in [0.717, 1.165) is 23.5 Å². The van der Waals surface area contributed by atoms with E-state index in [4.69, 9.17) is 0 Å². The Balaban J connectivity index is 1.63. The van der Waals surface area contributed by atoms with Crippen LogP contribution >= 0.6 is 0 Å². The van der Waals surface area contributed by atoms with Crippen LogP contribution in [-0.2, 0) is 11.3 Å². The van der Waals surface area contributed by atoms with E-state index in [2.05, 4.69) is 25.8 Å². The first kappa shape index (κ1) is 19.3. The Bertz CT molecular complexity index is 1240. The van der Waals surface area contributed by atoms with Gasteiger partial charge in [0.2, 0.25) is 5.91 Å². The van der Waals surface area contributed by atoms with Crippen LogP contribution in [0.2, 0.25) is 0 Å². The number of nitrogens with one attached hydrogen (secondary N) is 2. The summed E-state index contributed by atoms with van der Waals surface area (Å²) < 4.78 is 3.51. The molecule has 4 rings (SSSR count).